The second-order valence-corrected chi connectivity index (χ2v) is 4.32. The molecule has 22 heavy (non-hydrogen) atoms. The predicted octanol–water partition coefficient (Wildman–Crippen LogP) is -2.17. The number of aliphatic hydroxyl groups is 5. The van der Waals surface area contributed by atoms with Crippen molar-refractivity contribution >= 4 is 18.2 Å². The topological polar surface area (TPSA) is 156 Å². The zero-order valence-electron chi connectivity index (χ0n) is 11.5. The first-order valence-electron chi connectivity index (χ1n) is 6.33. The van der Waals surface area contributed by atoms with Crippen molar-refractivity contribution in [1.29, 1.82) is 0 Å². The minimum atomic E-state index is -1.78. The summed E-state index contributed by atoms with van der Waals surface area (Å²) in [7, 11) is 0. The molecule has 1 aromatic rings. The molecule has 0 saturated carbocycles. The SMILES string of the molecule is O=C(C=Cc1ccco1)NN=CC(O)C(O)C(O)C(O)CO. The predicted molar refractivity (Wildman–Crippen MR) is 75.5 cm³/mol. The van der Waals surface area contributed by atoms with Gasteiger partial charge < -0.3 is 29.9 Å². The highest BCUT2D eigenvalue weighted by Gasteiger charge is 2.29. The number of nitrogens with one attached hydrogen (secondary N) is 1. The van der Waals surface area contributed by atoms with Crippen LogP contribution in [0.4, 0.5) is 0 Å². The number of amides is 1. The van der Waals surface area contributed by atoms with E-state index in [9.17, 15) is 20.1 Å². The Balaban J connectivity index is 2.42. The maximum absolute atomic E-state index is 11.4. The molecule has 0 spiro atoms. The van der Waals surface area contributed by atoms with E-state index in [2.05, 4.69) is 10.5 Å². The van der Waals surface area contributed by atoms with Gasteiger partial charge in [-0.1, -0.05) is 0 Å². The number of hydrogen-bond donors (Lipinski definition) is 6. The summed E-state index contributed by atoms with van der Waals surface area (Å²) in [5, 5.41) is 49.5. The van der Waals surface area contributed by atoms with Crippen molar-refractivity contribution in [2.24, 2.45) is 5.10 Å². The zero-order valence-corrected chi connectivity index (χ0v) is 11.5. The Morgan fingerprint density at radius 3 is 2.64 bits per heavy atom. The van der Waals surface area contributed by atoms with E-state index < -0.39 is 36.9 Å². The maximum atomic E-state index is 11.4. The quantitative estimate of drug-likeness (QED) is 0.181. The summed E-state index contributed by atoms with van der Waals surface area (Å²) in [6, 6.07) is 3.29. The second-order valence-electron chi connectivity index (χ2n) is 4.32. The monoisotopic (exact) mass is 314 g/mol. The summed E-state index contributed by atoms with van der Waals surface area (Å²) in [6.07, 6.45) is -2.03. The maximum Gasteiger partial charge on any atom is 0.264 e. The summed E-state index contributed by atoms with van der Waals surface area (Å²) in [5.74, 6) is -0.138. The van der Waals surface area contributed by atoms with Crippen LogP contribution in [0.3, 0.4) is 0 Å². The average molecular weight is 314 g/mol. The lowest BCUT2D eigenvalue weighted by Crippen LogP contribution is -2.46. The van der Waals surface area contributed by atoms with Crippen molar-refractivity contribution in [1.82, 2.24) is 5.43 Å². The highest BCUT2D eigenvalue weighted by molar-refractivity contribution is 5.91. The Kier molecular flexibility index (Phi) is 7.43. The summed E-state index contributed by atoms with van der Waals surface area (Å²) < 4.78 is 4.97. The van der Waals surface area contributed by atoms with Gasteiger partial charge in [-0.2, -0.15) is 5.10 Å². The number of hydrazone groups is 1. The smallest absolute Gasteiger partial charge is 0.264 e. The fourth-order valence-electron chi connectivity index (χ4n) is 1.38. The van der Waals surface area contributed by atoms with Crippen LogP contribution in [0.2, 0.25) is 0 Å². The normalized spacial score (nSPS) is 17.5. The van der Waals surface area contributed by atoms with Crippen LogP contribution in [0.25, 0.3) is 6.08 Å². The molecule has 0 aliphatic carbocycles. The molecule has 9 nitrogen and oxygen atoms in total. The summed E-state index contributed by atoms with van der Waals surface area (Å²) in [5.41, 5.74) is 2.05. The molecule has 122 valence electrons. The molecule has 0 aromatic carbocycles. The van der Waals surface area contributed by atoms with E-state index in [1.165, 1.54) is 12.3 Å². The highest BCUT2D eigenvalue weighted by Crippen LogP contribution is 2.04. The van der Waals surface area contributed by atoms with E-state index in [4.69, 9.17) is 14.6 Å². The van der Waals surface area contributed by atoms with Crippen LogP contribution in [0, 0.1) is 0 Å². The van der Waals surface area contributed by atoms with E-state index >= 15 is 0 Å². The van der Waals surface area contributed by atoms with Gasteiger partial charge in [-0.05, 0) is 18.2 Å². The Bertz CT molecular complexity index is 500. The van der Waals surface area contributed by atoms with Crippen LogP contribution in [0.1, 0.15) is 5.76 Å². The van der Waals surface area contributed by atoms with Crippen LogP contribution >= 0.6 is 0 Å². The molecule has 0 aliphatic rings. The van der Waals surface area contributed by atoms with Crippen molar-refractivity contribution in [3.63, 3.8) is 0 Å². The molecule has 1 heterocycles. The summed E-state index contributed by atoms with van der Waals surface area (Å²) in [4.78, 5) is 11.4. The first-order chi connectivity index (χ1) is 10.5. The number of hydrogen-bond acceptors (Lipinski definition) is 8. The molecular formula is C13H18N2O7. The lowest BCUT2D eigenvalue weighted by molar-refractivity contribution is -0.116. The van der Waals surface area contributed by atoms with E-state index in [1.807, 2.05) is 0 Å². The molecule has 0 aliphatic heterocycles. The molecule has 4 unspecified atom stereocenters. The minimum absolute atomic E-state index is 0.468. The first kappa shape index (κ1) is 18.0. The standard InChI is InChI=1S/C13H18N2O7/c16-7-10(18)13(21)12(20)9(17)6-14-15-11(19)4-3-8-2-1-5-22-8/h1-6,9-10,12-13,16-18,20-21H,7H2,(H,15,19). The minimum Gasteiger partial charge on any atom is -0.465 e. The molecule has 0 bridgehead atoms. The molecule has 0 fully saturated rings. The van der Waals surface area contributed by atoms with Crippen molar-refractivity contribution in [2.75, 3.05) is 6.61 Å². The van der Waals surface area contributed by atoms with Gasteiger partial charge in [0.1, 0.15) is 30.2 Å². The summed E-state index contributed by atoms with van der Waals surface area (Å²) in [6.45, 7) is -0.781. The van der Waals surface area contributed by atoms with Crippen LogP contribution < -0.4 is 5.43 Å². The Labute approximate surface area is 125 Å². The van der Waals surface area contributed by atoms with Crippen molar-refractivity contribution in [2.45, 2.75) is 24.4 Å². The van der Waals surface area contributed by atoms with Crippen LogP contribution in [-0.4, -0.2) is 68.7 Å². The van der Waals surface area contributed by atoms with Gasteiger partial charge in [-0.3, -0.25) is 4.79 Å². The zero-order chi connectivity index (χ0) is 16.5. The van der Waals surface area contributed by atoms with Gasteiger partial charge in [-0.25, -0.2) is 5.43 Å². The molecule has 9 heteroatoms. The number of carbonyl (C=O) groups excluding carboxylic acids is 1. The van der Waals surface area contributed by atoms with E-state index in [-0.39, 0.29) is 0 Å². The van der Waals surface area contributed by atoms with E-state index in [1.54, 1.807) is 12.1 Å². The van der Waals surface area contributed by atoms with Gasteiger partial charge in [-0.15, -0.1) is 0 Å². The van der Waals surface area contributed by atoms with Gasteiger partial charge in [0, 0.05) is 6.08 Å². The number of carbonyl (C=O) groups is 1. The van der Waals surface area contributed by atoms with E-state index in [0.717, 1.165) is 12.3 Å². The third kappa shape index (κ3) is 5.76. The fourth-order valence-corrected chi connectivity index (χ4v) is 1.38. The number of aliphatic hydroxyl groups excluding tert-OH is 5. The van der Waals surface area contributed by atoms with Crippen molar-refractivity contribution < 1.29 is 34.7 Å². The third-order valence-electron chi connectivity index (χ3n) is 2.63. The Hall–Kier alpha value is -2.04. The molecule has 1 aromatic heterocycles. The van der Waals surface area contributed by atoms with E-state index in [0.29, 0.717) is 5.76 Å². The van der Waals surface area contributed by atoms with Gasteiger partial charge >= 0.3 is 0 Å². The Morgan fingerprint density at radius 2 is 2.05 bits per heavy atom. The number of furan rings is 1. The Morgan fingerprint density at radius 1 is 1.32 bits per heavy atom. The van der Waals surface area contributed by atoms with Crippen LogP contribution in [-0.2, 0) is 4.79 Å². The van der Waals surface area contributed by atoms with Crippen LogP contribution in [0.15, 0.2) is 34.0 Å². The first-order valence-corrected chi connectivity index (χ1v) is 6.33. The van der Waals surface area contributed by atoms with Crippen molar-refractivity contribution in [3.05, 3.63) is 30.2 Å². The van der Waals surface area contributed by atoms with Crippen molar-refractivity contribution in [3.8, 4) is 0 Å². The molecular weight excluding hydrogens is 296 g/mol. The van der Waals surface area contributed by atoms with Gasteiger partial charge in [0.25, 0.3) is 5.91 Å². The highest BCUT2D eigenvalue weighted by atomic mass is 16.4. The molecule has 1 rings (SSSR count). The lowest BCUT2D eigenvalue weighted by Gasteiger charge is -2.23. The molecule has 0 saturated heterocycles. The number of rotatable bonds is 8. The average Bonchev–Trinajstić information content (AvgIpc) is 3.03. The second kappa shape index (κ2) is 9.07. The third-order valence-corrected chi connectivity index (χ3v) is 2.63. The number of nitrogens with zero attached hydrogens (tertiary/aromatic N) is 1. The largest absolute Gasteiger partial charge is 0.465 e. The van der Waals surface area contributed by atoms with Gasteiger partial charge in [0.05, 0.1) is 19.1 Å². The van der Waals surface area contributed by atoms with Crippen LogP contribution in [0.5, 0.6) is 0 Å². The lowest BCUT2D eigenvalue weighted by atomic mass is 10.0. The fraction of sp³-hybridized carbons (Fsp3) is 0.385. The summed E-state index contributed by atoms with van der Waals surface area (Å²) >= 11 is 0. The molecule has 6 N–H and O–H groups in total. The van der Waals surface area contributed by atoms with Gasteiger partial charge in [0.15, 0.2) is 0 Å². The molecule has 1 amide bonds. The molecule has 4 atom stereocenters. The molecule has 0 radical (unpaired) electrons. The van der Waals surface area contributed by atoms with Gasteiger partial charge in [0.2, 0.25) is 0 Å².